The van der Waals surface area contributed by atoms with E-state index < -0.39 is 0 Å². The molecule has 7 heteroatoms. The summed E-state index contributed by atoms with van der Waals surface area (Å²) in [6.45, 7) is 5.85. The van der Waals surface area contributed by atoms with Gasteiger partial charge in [0.2, 0.25) is 5.91 Å². The Hall–Kier alpha value is -2.93. The number of benzene rings is 2. The third-order valence-electron chi connectivity index (χ3n) is 5.56. The van der Waals surface area contributed by atoms with Crippen LogP contribution < -0.4 is 4.90 Å². The van der Waals surface area contributed by atoms with Crippen LogP contribution in [0.15, 0.2) is 65.3 Å². The molecule has 2 aromatic carbocycles. The Labute approximate surface area is 192 Å². The van der Waals surface area contributed by atoms with Crippen LogP contribution in [-0.4, -0.2) is 40.7 Å². The summed E-state index contributed by atoms with van der Waals surface area (Å²) in [6, 6.07) is 15.2. The predicted molar refractivity (Wildman–Crippen MR) is 128 cm³/mol. The van der Waals surface area contributed by atoms with E-state index in [1.165, 1.54) is 28.8 Å². The van der Waals surface area contributed by atoms with E-state index in [0.717, 1.165) is 25.1 Å². The van der Waals surface area contributed by atoms with Gasteiger partial charge >= 0.3 is 0 Å². The molecule has 2 aromatic rings. The normalized spacial score (nSPS) is 22.4. The van der Waals surface area contributed by atoms with Crippen LogP contribution in [0.25, 0.3) is 6.08 Å². The van der Waals surface area contributed by atoms with Crippen molar-refractivity contribution in [1.82, 2.24) is 4.90 Å². The number of carbonyl (C=O) groups excluding carboxylic acids is 2. The fourth-order valence-corrected chi connectivity index (χ4v) is 5.12. The standard InChI is InChI=1S/C25H26FN3O2S/c1-17-12-18(2)15-28(14-17)23(30)16-32-25-27-22(13-19-6-4-3-5-7-19)24(31)29(25)21-10-8-20(26)9-11-21/h3-11,13,17-18H,12,14-16H2,1-2H3/b22-13-/t17-,18-/m0/s1. The van der Waals surface area contributed by atoms with Gasteiger partial charge in [-0.15, -0.1) is 0 Å². The molecule has 2 aliphatic heterocycles. The second-order valence-electron chi connectivity index (χ2n) is 8.49. The summed E-state index contributed by atoms with van der Waals surface area (Å²) < 4.78 is 13.5. The van der Waals surface area contributed by atoms with E-state index in [2.05, 4.69) is 18.8 Å². The maximum atomic E-state index is 13.5. The van der Waals surface area contributed by atoms with Gasteiger partial charge in [0, 0.05) is 13.1 Å². The Bertz CT molecular complexity index is 1040. The molecule has 2 amide bonds. The van der Waals surface area contributed by atoms with Crippen molar-refractivity contribution in [2.75, 3.05) is 23.7 Å². The number of thioether (sulfide) groups is 1. The van der Waals surface area contributed by atoms with Crippen LogP contribution >= 0.6 is 11.8 Å². The molecule has 0 aromatic heterocycles. The second kappa shape index (κ2) is 9.69. The van der Waals surface area contributed by atoms with Crippen LogP contribution in [0.1, 0.15) is 25.8 Å². The molecule has 166 valence electrons. The van der Waals surface area contributed by atoms with Crippen LogP contribution in [-0.2, 0) is 9.59 Å². The van der Waals surface area contributed by atoms with Crippen molar-refractivity contribution in [2.45, 2.75) is 20.3 Å². The molecule has 0 aliphatic carbocycles. The van der Waals surface area contributed by atoms with Gasteiger partial charge in [0.1, 0.15) is 11.5 Å². The quantitative estimate of drug-likeness (QED) is 0.627. The molecule has 0 unspecified atom stereocenters. The first kappa shape index (κ1) is 22.3. The van der Waals surface area contributed by atoms with Crippen molar-refractivity contribution in [2.24, 2.45) is 16.8 Å². The van der Waals surface area contributed by atoms with E-state index >= 15 is 0 Å². The molecule has 0 bridgehead atoms. The van der Waals surface area contributed by atoms with Crippen LogP contribution in [0.4, 0.5) is 10.1 Å². The third kappa shape index (κ3) is 5.10. The van der Waals surface area contributed by atoms with Gasteiger partial charge in [-0.05, 0) is 54.2 Å². The monoisotopic (exact) mass is 451 g/mol. The second-order valence-corrected chi connectivity index (χ2v) is 9.43. The Kier molecular flexibility index (Phi) is 6.74. The first-order valence-corrected chi connectivity index (χ1v) is 11.8. The molecule has 2 aliphatic rings. The summed E-state index contributed by atoms with van der Waals surface area (Å²) in [5.74, 6) is 0.527. The molecule has 2 atom stereocenters. The molecule has 5 nitrogen and oxygen atoms in total. The van der Waals surface area contributed by atoms with Gasteiger partial charge in [-0.3, -0.25) is 14.5 Å². The van der Waals surface area contributed by atoms with E-state index in [4.69, 9.17) is 0 Å². The molecule has 2 heterocycles. The van der Waals surface area contributed by atoms with Crippen LogP contribution in [0, 0.1) is 17.7 Å². The lowest BCUT2D eigenvalue weighted by Gasteiger charge is -2.35. The number of likely N-dealkylation sites (tertiary alicyclic amines) is 1. The average molecular weight is 452 g/mol. The molecular formula is C25H26FN3O2S. The molecule has 1 fully saturated rings. The first-order valence-electron chi connectivity index (χ1n) is 10.8. The van der Waals surface area contributed by atoms with Crippen LogP contribution in [0.3, 0.4) is 0 Å². The molecule has 0 radical (unpaired) electrons. The molecule has 1 saturated heterocycles. The summed E-state index contributed by atoms with van der Waals surface area (Å²) >= 11 is 1.24. The number of nitrogens with zero attached hydrogens (tertiary/aromatic N) is 3. The average Bonchev–Trinajstić information content (AvgIpc) is 3.07. The van der Waals surface area contributed by atoms with Gasteiger partial charge in [-0.25, -0.2) is 9.38 Å². The van der Waals surface area contributed by atoms with Crippen molar-refractivity contribution in [3.8, 4) is 0 Å². The fourth-order valence-electron chi connectivity index (χ4n) is 4.20. The number of halogens is 1. The van der Waals surface area contributed by atoms with Gasteiger partial charge in [0.05, 0.1) is 11.4 Å². The van der Waals surface area contributed by atoms with Crippen molar-refractivity contribution in [3.05, 3.63) is 71.7 Å². The number of carbonyl (C=O) groups is 2. The smallest absolute Gasteiger partial charge is 0.283 e. The van der Waals surface area contributed by atoms with Crippen molar-refractivity contribution >= 4 is 40.5 Å². The number of piperidine rings is 1. The van der Waals surface area contributed by atoms with Gasteiger partial charge in [0.25, 0.3) is 5.91 Å². The van der Waals surface area contributed by atoms with Gasteiger partial charge in [-0.2, -0.15) is 0 Å². The molecule has 32 heavy (non-hydrogen) atoms. The molecule has 0 spiro atoms. The Morgan fingerprint density at radius 2 is 1.75 bits per heavy atom. The Balaban J connectivity index is 1.56. The van der Waals surface area contributed by atoms with Gasteiger partial charge < -0.3 is 4.90 Å². The zero-order chi connectivity index (χ0) is 22.7. The summed E-state index contributed by atoms with van der Waals surface area (Å²) in [4.78, 5) is 34.0. The summed E-state index contributed by atoms with van der Waals surface area (Å²) in [6.07, 6.45) is 2.85. The van der Waals surface area contributed by atoms with Crippen LogP contribution in [0.5, 0.6) is 0 Å². The molecular weight excluding hydrogens is 425 g/mol. The van der Waals surface area contributed by atoms with E-state index in [9.17, 15) is 14.0 Å². The minimum Gasteiger partial charge on any atom is -0.341 e. The van der Waals surface area contributed by atoms with Gasteiger partial charge in [0.15, 0.2) is 5.17 Å². The third-order valence-corrected chi connectivity index (χ3v) is 6.49. The number of hydrogen-bond donors (Lipinski definition) is 0. The minimum absolute atomic E-state index is 0.0445. The summed E-state index contributed by atoms with van der Waals surface area (Å²) in [5, 5.41) is 0.426. The van der Waals surface area contributed by atoms with E-state index in [0.29, 0.717) is 22.7 Å². The Morgan fingerprint density at radius 1 is 1.09 bits per heavy atom. The number of hydrogen-bond acceptors (Lipinski definition) is 4. The predicted octanol–water partition coefficient (Wildman–Crippen LogP) is 4.81. The van der Waals surface area contributed by atoms with Crippen molar-refractivity contribution < 1.29 is 14.0 Å². The SMILES string of the molecule is C[C@H]1C[C@H](C)CN(C(=O)CSC2=N/C(=C\c3ccccc3)C(=O)N2c2ccc(F)cc2)C1. The summed E-state index contributed by atoms with van der Waals surface area (Å²) in [5.41, 5.74) is 1.67. The van der Waals surface area contributed by atoms with E-state index in [1.54, 1.807) is 18.2 Å². The highest BCUT2D eigenvalue weighted by atomic mass is 32.2. The number of anilines is 1. The topological polar surface area (TPSA) is 53.0 Å². The maximum Gasteiger partial charge on any atom is 0.283 e. The lowest BCUT2D eigenvalue weighted by molar-refractivity contribution is -0.131. The van der Waals surface area contributed by atoms with E-state index in [1.807, 2.05) is 35.2 Å². The largest absolute Gasteiger partial charge is 0.341 e. The molecule has 0 N–H and O–H groups in total. The Morgan fingerprint density at radius 3 is 2.41 bits per heavy atom. The highest BCUT2D eigenvalue weighted by molar-refractivity contribution is 8.14. The number of amides is 2. The highest BCUT2D eigenvalue weighted by Gasteiger charge is 2.33. The van der Waals surface area contributed by atoms with Crippen molar-refractivity contribution in [1.29, 1.82) is 0 Å². The minimum atomic E-state index is -0.380. The van der Waals surface area contributed by atoms with Crippen LogP contribution in [0.2, 0.25) is 0 Å². The van der Waals surface area contributed by atoms with E-state index in [-0.39, 0.29) is 29.1 Å². The first-order chi connectivity index (χ1) is 15.4. The lowest BCUT2D eigenvalue weighted by atomic mass is 9.92. The van der Waals surface area contributed by atoms with Crippen molar-refractivity contribution in [3.63, 3.8) is 0 Å². The number of amidine groups is 1. The van der Waals surface area contributed by atoms with Gasteiger partial charge in [-0.1, -0.05) is 55.9 Å². The maximum absolute atomic E-state index is 13.5. The zero-order valence-electron chi connectivity index (χ0n) is 18.2. The molecule has 4 rings (SSSR count). The molecule has 0 saturated carbocycles. The highest BCUT2D eigenvalue weighted by Crippen LogP contribution is 2.30. The lowest BCUT2D eigenvalue weighted by Crippen LogP contribution is -2.43. The number of rotatable bonds is 4. The zero-order valence-corrected chi connectivity index (χ0v) is 19.0. The summed E-state index contributed by atoms with van der Waals surface area (Å²) in [7, 11) is 0. The fraction of sp³-hybridized carbons (Fsp3) is 0.320. The number of aliphatic imine (C=N–C) groups is 1.